The summed E-state index contributed by atoms with van der Waals surface area (Å²) in [7, 11) is 2.37. The van der Waals surface area contributed by atoms with Gasteiger partial charge in [0.25, 0.3) is 0 Å². The van der Waals surface area contributed by atoms with Gasteiger partial charge in [-0.2, -0.15) is 0 Å². The molecule has 0 aromatic rings. The molecule has 0 amide bonds. The molecule has 0 N–H and O–H groups in total. The molecule has 0 fully saturated rings. The van der Waals surface area contributed by atoms with Gasteiger partial charge >= 0.3 is 11.9 Å². The molecule has 0 aliphatic heterocycles. The number of hydrogen-bond donors (Lipinski definition) is 0. The zero-order valence-electron chi connectivity index (χ0n) is 8.53. The molecule has 0 bridgehead atoms. The summed E-state index contributed by atoms with van der Waals surface area (Å²) in [6.45, 7) is 1.74. The first-order chi connectivity index (χ1) is 6.56. The molecule has 0 radical (unpaired) electrons. The van der Waals surface area contributed by atoms with E-state index in [4.69, 9.17) is 0 Å². The Balaban J connectivity index is 4.25. The van der Waals surface area contributed by atoms with Crippen LogP contribution in [0.15, 0.2) is 0 Å². The molecular formula is C9H14O5. The fraction of sp³-hybridized carbons (Fsp3) is 0.667. The summed E-state index contributed by atoms with van der Waals surface area (Å²) in [4.78, 5) is 32.9. The van der Waals surface area contributed by atoms with E-state index in [1.807, 2.05) is 0 Å². The summed E-state index contributed by atoms with van der Waals surface area (Å²) in [5, 5.41) is 0. The zero-order valence-corrected chi connectivity index (χ0v) is 8.53. The minimum absolute atomic E-state index is 0.157. The number of Topliss-reactive ketones (excluding diaryl/α,β-unsaturated/α-hetero) is 1. The van der Waals surface area contributed by atoms with Gasteiger partial charge in [-0.15, -0.1) is 0 Å². The molecule has 5 nitrogen and oxygen atoms in total. The second-order valence-corrected chi connectivity index (χ2v) is 2.75. The van der Waals surface area contributed by atoms with Crippen molar-refractivity contribution < 1.29 is 23.9 Å². The maximum Gasteiger partial charge on any atom is 0.374 e. The maximum absolute atomic E-state index is 11.1. The number of carbonyl (C=O) groups excluding carboxylic acids is 3. The van der Waals surface area contributed by atoms with Gasteiger partial charge in [0.1, 0.15) is 0 Å². The first-order valence-electron chi connectivity index (χ1n) is 4.25. The van der Waals surface area contributed by atoms with E-state index in [-0.39, 0.29) is 6.42 Å². The Labute approximate surface area is 82.4 Å². The van der Waals surface area contributed by atoms with E-state index in [0.29, 0.717) is 6.42 Å². The van der Waals surface area contributed by atoms with Crippen LogP contribution in [0.1, 0.15) is 19.8 Å². The summed E-state index contributed by atoms with van der Waals surface area (Å²) in [6, 6.07) is 0. The summed E-state index contributed by atoms with van der Waals surface area (Å²) < 4.78 is 8.70. The number of methoxy groups -OCH3 is 2. The molecular weight excluding hydrogens is 188 g/mol. The van der Waals surface area contributed by atoms with Crippen molar-refractivity contribution >= 4 is 17.7 Å². The van der Waals surface area contributed by atoms with Crippen molar-refractivity contribution in [2.24, 2.45) is 5.92 Å². The van der Waals surface area contributed by atoms with Gasteiger partial charge in [0.05, 0.1) is 20.1 Å². The molecule has 1 atom stereocenters. The average Bonchev–Trinajstić information content (AvgIpc) is 2.22. The van der Waals surface area contributed by atoms with E-state index in [1.165, 1.54) is 7.11 Å². The van der Waals surface area contributed by atoms with Gasteiger partial charge < -0.3 is 9.47 Å². The van der Waals surface area contributed by atoms with Crippen LogP contribution >= 0.6 is 0 Å². The van der Waals surface area contributed by atoms with Crippen LogP contribution in [0.4, 0.5) is 0 Å². The molecule has 14 heavy (non-hydrogen) atoms. The van der Waals surface area contributed by atoms with Crippen molar-refractivity contribution in [1.82, 2.24) is 0 Å². The third-order valence-corrected chi connectivity index (χ3v) is 1.87. The normalized spacial score (nSPS) is 11.6. The molecule has 0 spiro atoms. The number of ketones is 1. The largest absolute Gasteiger partial charge is 0.469 e. The lowest BCUT2D eigenvalue weighted by atomic mass is 10.00. The quantitative estimate of drug-likeness (QED) is 0.474. The first kappa shape index (κ1) is 12.6. The molecule has 0 aliphatic carbocycles. The van der Waals surface area contributed by atoms with Crippen molar-refractivity contribution in [3.63, 3.8) is 0 Å². The van der Waals surface area contributed by atoms with Crippen LogP contribution in [0.5, 0.6) is 0 Å². The summed E-state index contributed by atoms with van der Waals surface area (Å²) >= 11 is 0. The van der Waals surface area contributed by atoms with Crippen LogP contribution in [0.2, 0.25) is 0 Å². The predicted molar refractivity (Wildman–Crippen MR) is 47.4 cm³/mol. The predicted octanol–water partition coefficient (Wildman–Crippen LogP) is 0.318. The molecule has 0 saturated carbocycles. The van der Waals surface area contributed by atoms with Gasteiger partial charge in [-0.1, -0.05) is 6.92 Å². The summed E-state index contributed by atoms with van der Waals surface area (Å²) in [5.74, 6) is -2.67. The van der Waals surface area contributed by atoms with E-state index in [0.717, 1.165) is 7.11 Å². The van der Waals surface area contributed by atoms with Crippen LogP contribution in [-0.4, -0.2) is 31.9 Å². The third-order valence-electron chi connectivity index (χ3n) is 1.87. The highest BCUT2D eigenvalue weighted by atomic mass is 16.5. The van der Waals surface area contributed by atoms with E-state index in [1.54, 1.807) is 6.92 Å². The highest BCUT2D eigenvalue weighted by Crippen LogP contribution is 2.10. The molecule has 0 aliphatic rings. The zero-order chi connectivity index (χ0) is 11.1. The lowest BCUT2D eigenvalue weighted by molar-refractivity contribution is -0.154. The Bertz CT molecular complexity index is 233. The number of hydrogen-bond acceptors (Lipinski definition) is 5. The second-order valence-electron chi connectivity index (χ2n) is 2.75. The van der Waals surface area contributed by atoms with Crippen molar-refractivity contribution in [1.29, 1.82) is 0 Å². The molecule has 0 saturated heterocycles. The Morgan fingerprint density at radius 1 is 1.14 bits per heavy atom. The van der Waals surface area contributed by atoms with Crippen molar-refractivity contribution in [2.45, 2.75) is 19.8 Å². The molecule has 0 aromatic carbocycles. The molecule has 0 heterocycles. The SMILES string of the molecule is CCC(CC(=O)C(=O)OC)C(=O)OC. The van der Waals surface area contributed by atoms with Gasteiger partial charge in [0, 0.05) is 6.42 Å². The summed E-state index contributed by atoms with van der Waals surface area (Å²) in [5.41, 5.74) is 0. The third kappa shape index (κ3) is 3.55. The molecule has 0 aromatic heterocycles. The van der Waals surface area contributed by atoms with Crippen LogP contribution in [-0.2, 0) is 23.9 Å². The van der Waals surface area contributed by atoms with E-state index >= 15 is 0 Å². The Hall–Kier alpha value is -1.39. The smallest absolute Gasteiger partial charge is 0.374 e. The lowest BCUT2D eigenvalue weighted by Crippen LogP contribution is -2.24. The van der Waals surface area contributed by atoms with E-state index in [2.05, 4.69) is 9.47 Å². The lowest BCUT2D eigenvalue weighted by Gasteiger charge is -2.09. The van der Waals surface area contributed by atoms with Crippen LogP contribution in [0.3, 0.4) is 0 Å². The molecule has 1 unspecified atom stereocenters. The Morgan fingerprint density at radius 2 is 1.71 bits per heavy atom. The van der Waals surface area contributed by atoms with Crippen LogP contribution in [0.25, 0.3) is 0 Å². The van der Waals surface area contributed by atoms with Crippen LogP contribution < -0.4 is 0 Å². The maximum atomic E-state index is 11.1. The summed E-state index contributed by atoms with van der Waals surface area (Å²) in [6.07, 6.45) is 0.297. The van der Waals surface area contributed by atoms with Crippen molar-refractivity contribution in [3.8, 4) is 0 Å². The van der Waals surface area contributed by atoms with E-state index in [9.17, 15) is 14.4 Å². The highest BCUT2D eigenvalue weighted by Gasteiger charge is 2.24. The Kier molecular flexibility index (Phi) is 5.52. The minimum atomic E-state index is -0.924. The van der Waals surface area contributed by atoms with Crippen molar-refractivity contribution in [2.75, 3.05) is 14.2 Å². The first-order valence-corrected chi connectivity index (χ1v) is 4.25. The number of ether oxygens (including phenoxy) is 2. The fourth-order valence-electron chi connectivity index (χ4n) is 0.982. The average molecular weight is 202 g/mol. The van der Waals surface area contributed by atoms with E-state index < -0.39 is 23.6 Å². The number of carbonyl (C=O) groups is 3. The molecule has 0 rings (SSSR count). The number of esters is 2. The van der Waals surface area contributed by atoms with Gasteiger partial charge in [0.15, 0.2) is 0 Å². The van der Waals surface area contributed by atoms with Gasteiger partial charge in [-0.25, -0.2) is 4.79 Å². The molecule has 5 heteroatoms. The van der Waals surface area contributed by atoms with Crippen molar-refractivity contribution in [3.05, 3.63) is 0 Å². The highest BCUT2D eigenvalue weighted by molar-refractivity contribution is 6.33. The number of rotatable bonds is 5. The monoisotopic (exact) mass is 202 g/mol. The topological polar surface area (TPSA) is 69.7 Å². The second kappa shape index (κ2) is 6.12. The van der Waals surface area contributed by atoms with Gasteiger partial charge in [-0.3, -0.25) is 9.59 Å². The molecule has 80 valence electrons. The fourth-order valence-corrected chi connectivity index (χ4v) is 0.982. The standard InChI is InChI=1S/C9H14O5/c1-4-6(8(11)13-2)5-7(10)9(12)14-3/h6H,4-5H2,1-3H3. The van der Waals surface area contributed by atoms with Gasteiger partial charge in [0.2, 0.25) is 5.78 Å². The minimum Gasteiger partial charge on any atom is -0.469 e. The Morgan fingerprint density at radius 3 is 2.07 bits per heavy atom. The van der Waals surface area contributed by atoms with Gasteiger partial charge in [-0.05, 0) is 6.42 Å². The van der Waals surface area contributed by atoms with Crippen LogP contribution in [0, 0.1) is 5.92 Å².